The maximum atomic E-state index is 14.0. The molecule has 1 heterocycles. The lowest BCUT2D eigenvalue weighted by Gasteiger charge is -2.27. The van der Waals surface area contributed by atoms with Crippen LogP contribution >= 0.6 is 15.9 Å². The monoisotopic (exact) mass is 339 g/mol. The molecule has 1 saturated heterocycles. The number of hydrogen-bond acceptors (Lipinski definition) is 3. The molecule has 0 spiro atoms. The highest BCUT2D eigenvalue weighted by molar-refractivity contribution is 9.10. The summed E-state index contributed by atoms with van der Waals surface area (Å²) in [6.07, 6.45) is 3.22. The topological polar surface area (TPSA) is 56.1 Å². The van der Waals surface area contributed by atoms with Gasteiger partial charge in [-0.25, -0.2) is 4.39 Å². The van der Waals surface area contributed by atoms with Crippen LogP contribution in [0.5, 0.6) is 0 Å². The van der Waals surface area contributed by atoms with E-state index in [1.54, 1.807) is 4.90 Å². The summed E-state index contributed by atoms with van der Waals surface area (Å²) < 4.78 is 14.1. The van der Waals surface area contributed by atoms with Crippen LogP contribution in [-0.4, -0.2) is 30.4 Å². The predicted octanol–water partition coefficient (Wildman–Crippen LogP) is 2.88. The summed E-state index contributed by atoms with van der Waals surface area (Å²) in [4.78, 5) is 13.8. The molecule has 1 aromatic carbocycles. The van der Waals surface area contributed by atoms with Crippen molar-refractivity contribution < 1.29 is 9.18 Å². The summed E-state index contributed by atoms with van der Waals surface area (Å²) in [5.41, 5.74) is 0.455. The number of hydrogen-bond donors (Lipinski definition) is 1. The largest absolute Gasteiger partial charge is 0.374 e. The van der Waals surface area contributed by atoms with Crippen LogP contribution in [0.4, 0.5) is 10.1 Å². The number of rotatable bonds is 3. The summed E-state index contributed by atoms with van der Waals surface area (Å²) in [7, 11) is 0. The van der Waals surface area contributed by atoms with Gasteiger partial charge in [0.05, 0.1) is 22.3 Å². The van der Waals surface area contributed by atoms with Gasteiger partial charge in [-0.15, -0.1) is 0 Å². The van der Waals surface area contributed by atoms with Crippen molar-refractivity contribution in [3.63, 3.8) is 0 Å². The maximum Gasteiger partial charge on any atom is 0.241 e. The first kappa shape index (κ1) is 14.8. The van der Waals surface area contributed by atoms with Crippen LogP contribution in [0.2, 0.25) is 0 Å². The Hall–Kier alpha value is -1.61. The van der Waals surface area contributed by atoms with E-state index < -0.39 is 5.82 Å². The fourth-order valence-corrected chi connectivity index (χ4v) is 2.63. The van der Waals surface area contributed by atoms with E-state index in [2.05, 4.69) is 21.2 Å². The van der Waals surface area contributed by atoms with Crippen LogP contribution < -0.4 is 5.32 Å². The van der Waals surface area contributed by atoms with Crippen LogP contribution in [0.1, 0.15) is 24.8 Å². The second-order valence-corrected chi connectivity index (χ2v) is 5.49. The van der Waals surface area contributed by atoms with Crippen LogP contribution in [0, 0.1) is 17.1 Å². The quantitative estimate of drug-likeness (QED) is 0.921. The minimum Gasteiger partial charge on any atom is -0.374 e. The molecule has 0 radical (unpaired) electrons. The first-order valence-electron chi connectivity index (χ1n) is 6.53. The number of carbonyl (C=O) groups is 1. The highest BCUT2D eigenvalue weighted by Gasteiger charge is 2.17. The first-order chi connectivity index (χ1) is 9.63. The Morgan fingerprint density at radius 1 is 1.40 bits per heavy atom. The Kier molecular flexibility index (Phi) is 4.96. The minimum absolute atomic E-state index is 0.0235. The molecule has 0 bridgehead atoms. The molecule has 1 fully saturated rings. The molecule has 0 atom stereocenters. The smallest absolute Gasteiger partial charge is 0.241 e. The number of benzene rings is 1. The molecule has 1 N–H and O–H groups in total. The van der Waals surface area contributed by atoms with E-state index in [0.717, 1.165) is 32.4 Å². The van der Waals surface area contributed by atoms with Crippen LogP contribution in [0.25, 0.3) is 0 Å². The number of likely N-dealkylation sites (tertiary alicyclic amines) is 1. The van der Waals surface area contributed by atoms with Gasteiger partial charge in [0.15, 0.2) is 5.82 Å². The summed E-state index contributed by atoms with van der Waals surface area (Å²) in [5.74, 6) is -0.569. The lowest BCUT2D eigenvalue weighted by Crippen LogP contribution is -2.39. The van der Waals surface area contributed by atoms with Gasteiger partial charge in [0.1, 0.15) is 6.07 Å². The molecule has 1 aromatic rings. The van der Waals surface area contributed by atoms with Gasteiger partial charge < -0.3 is 10.2 Å². The minimum atomic E-state index is -0.546. The molecule has 1 amide bonds. The van der Waals surface area contributed by atoms with Crippen molar-refractivity contribution in [1.29, 1.82) is 5.26 Å². The summed E-state index contributed by atoms with van der Waals surface area (Å²) >= 11 is 3.04. The van der Waals surface area contributed by atoms with E-state index in [1.165, 1.54) is 12.1 Å². The van der Waals surface area contributed by atoms with Crippen LogP contribution in [-0.2, 0) is 4.79 Å². The number of anilines is 1. The zero-order valence-electron chi connectivity index (χ0n) is 11.0. The zero-order valence-corrected chi connectivity index (χ0v) is 12.5. The fraction of sp³-hybridized carbons (Fsp3) is 0.429. The third-order valence-electron chi connectivity index (χ3n) is 3.34. The number of carbonyl (C=O) groups excluding carboxylic acids is 1. The third kappa shape index (κ3) is 3.28. The molecule has 0 unspecified atom stereocenters. The van der Waals surface area contributed by atoms with E-state index in [4.69, 9.17) is 5.26 Å². The Morgan fingerprint density at radius 2 is 2.10 bits per heavy atom. The second kappa shape index (κ2) is 6.71. The normalized spacial score (nSPS) is 14.8. The van der Waals surface area contributed by atoms with Gasteiger partial charge in [0.25, 0.3) is 0 Å². The third-order valence-corrected chi connectivity index (χ3v) is 4.12. The number of piperidine rings is 1. The standard InChI is InChI=1S/C14H15BrFN3O/c15-13-10(8-17)4-5-11(14(13)16)18-9-12(20)19-6-2-1-3-7-19/h4-5,18H,1-3,6-7,9H2. The lowest BCUT2D eigenvalue weighted by molar-refractivity contribution is -0.130. The Balaban J connectivity index is 1.99. The van der Waals surface area contributed by atoms with Gasteiger partial charge in [-0.2, -0.15) is 5.26 Å². The number of nitriles is 1. The van der Waals surface area contributed by atoms with E-state index in [1.807, 2.05) is 6.07 Å². The van der Waals surface area contributed by atoms with Gasteiger partial charge in [-0.3, -0.25) is 4.79 Å². The summed E-state index contributed by atoms with van der Waals surface area (Å²) in [6.45, 7) is 1.62. The first-order valence-corrected chi connectivity index (χ1v) is 7.32. The van der Waals surface area contributed by atoms with Crippen molar-refractivity contribution in [1.82, 2.24) is 4.90 Å². The van der Waals surface area contributed by atoms with E-state index >= 15 is 0 Å². The number of amides is 1. The molecule has 20 heavy (non-hydrogen) atoms. The lowest BCUT2D eigenvalue weighted by atomic mass is 10.1. The van der Waals surface area contributed by atoms with Crippen molar-refractivity contribution in [2.75, 3.05) is 25.0 Å². The van der Waals surface area contributed by atoms with Crippen molar-refractivity contribution in [3.05, 3.63) is 28.0 Å². The number of halogens is 2. The van der Waals surface area contributed by atoms with Crippen molar-refractivity contribution in [2.45, 2.75) is 19.3 Å². The second-order valence-electron chi connectivity index (χ2n) is 4.70. The highest BCUT2D eigenvalue weighted by Crippen LogP contribution is 2.26. The van der Waals surface area contributed by atoms with Gasteiger partial charge in [-0.05, 0) is 47.3 Å². The molecule has 1 aliphatic heterocycles. The van der Waals surface area contributed by atoms with E-state index in [0.29, 0.717) is 0 Å². The molecule has 4 nitrogen and oxygen atoms in total. The summed E-state index contributed by atoms with van der Waals surface area (Å²) in [5, 5.41) is 11.6. The molecule has 0 aromatic heterocycles. The van der Waals surface area contributed by atoms with Crippen LogP contribution in [0.15, 0.2) is 16.6 Å². The zero-order chi connectivity index (χ0) is 14.5. The fourth-order valence-electron chi connectivity index (χ4n) is 2.20. The Labute approximate surface area is 125 Å². The summed E-state index contributed by atoms with van der Waals surface area (Å²) in [6, 6.07) is 4.88. The Bertz CT molecular complexity index is 550. The average Bonchev–Trinajstić information content (AvgIpc) is 2.49. The van der Waals surface area contributed by atoms with E-state index in [-0.39, 0.29) is 28.2 Å². The number of nitrogens with zero attached hydrogens (tertiary/aromatic N) is 2. The SMILES string of the molecule is N#Cc1ccc(NCC(=O)N2CCCCC2)c(F)c1Br. The predicted molar refractivity (Wildman–Crippen MR) is 77.7 cm³/mol. The van der Waals surface area contributed by atoms with Crippen molar-refractivity contribution in [2.24, 2.45) is 0 Å². The van der Waals surface area contributed by atoms with Crippen molar-refractivity contribution in [3.8, 4) is 6.07 Å². The molecule has 1 aliphatic rings. The number of nitrogens with one attached hydrogen (secondary N) is 1. The molecular weight excluding hydrogens is 325 g/mol. The Morgan fingerprint density at radius 3 is 2.75 bits per heavy atom. The van der Waals surface area contributed by atoms with Crippen LogP contribution in [0.3, 0.4) is 0 Å². The maximum absolute atomic E-state index is 14.0. The van der Waals surface area contributed by atoms with Crippen molar-refractivity contribution >= 4 is 27.5 Å². The molecule has 2 rings (SSSR count). The molecule has 6 heteroatoms. The molecular formula is C14H15BrFN3O. The van der Waals surface area contributed by atoms with Gasteiger partial charge in [-0.1, -0.05) is 0 Å². The van der Waals surface area contributed by atoms with Gasteiger partial charge in [0.2, 0.25) is 5.91 Å². The molecule has 0 aliphatic carbocycles. The van der Waals surface area contributed by atoms with Gasteiger partial charge in [0, 0.05) is 13.1 Å². The van der Waals surface area contributed by atoms with E-state index in [9.17, 15) is 9.18 Å². The molecule has 0 saturated carbocycles. The average molecular weight is 340 g/mol. The van der Waals surface area contributed by atoms with Gasteiger partial charge >= 0.3 is 0 Å². The molecule has 106 valence electrons. The highest BCUT2D eigenvalue weighted by atomic mass is 79.9.